The Morgan fingerprint density at radius 2 is 1.67 bits per heavy atom. The average Bonchev–Trinajstić information content (AvgIpc) is 2.47. The minimum Gasteiger partial charge on any atom is -0.192 e. The van der Waals surface area contributed by atoms with Crippen molar-refractivity contribution < 1.29 is 0 Å². The van der Waals surface area contributed by atoms with E-state index in [2.05, 4.69) is 30.3 Å². The Hall–Kier alpha value is -1.81. The lowest BCUT2D eigenvalue weighted by molar-refractivity contribution is 0.599. The van der Waals surface area contributed by atoms with E-state index in [-0.39, 0.29) is 0 Å². The summed E-state index contributed by atoms with van der Waals surface area (Å²) in [5.41, 5.74) is 6.38. The number of benzene rings is 1. The van der Waals surface area contributed by atoms with Crippen LogP contribution >= 0.6 is 0 Å². The Bertz CT molecular complexity index is 562. The third kappa shape index (κ3) is 1.88. The van der Waals surface area contributed by atoms with Crippen LogP contribution in [-0.4, -0.2) is 0 Å². The van der Waals surface area contributed by atoms with E-state index in [1.807, 2.05) is 6.07 Å². The molecule has 0 spiro atoms. The van der Waals surface area contributed by atoms with Gasteiger partial charge in [-0.05, 0) is 48.8 Å². The molecule has 0 amide bonds. The highest BCUT2D eigenvalue weighted by Gasteiger charge is 2.19. The summed E-state index contributed by atoms with van der Waals surface area (Å²) in [6.45, 7) is 0. The molecule has 0 radical (unpaired) electrons. The van der Waals surface area contributed by atoms with Crippen molar-refractivity contribution in [3.05, 3.63) is 47.0 Å². The molecular formula is C17H17N. The Kier molecular flexibility index (Phi) is 3.02. The molecule has 3 rings (SSSR count). The van der Waals surface area contributed by atoms with Crippen LogP contribution < -0.4 is 0 Å². The fourth-order valence-electron chi connectivity index (χ4n) is 3.13. The van der Waals surface area contributed by atoms with E-state index >= 15 is 0 Å². The maximum Gasteiger partial charge on any atom is 0.0994 e. The van der Waals surface area contributed by atoms with Crippen molar-refractivity contribution >= 4 is 11.1 Å². The van der Waals surface area contributed by atoms with Gasteiger partial charge in [0.2, 0.25) is 0 Å². The van der Waals surface area contributed by atoms with Gasteiger partial charge >= 0.3 is 0 Å². The van der Waals surface area contributed by atoms with Crippen LogP contribution in [0.25, 0.3) is 11.1 Å². The number of fused-ring (bicyclic) bond motifs is 1. The Labute approximate surface area is 108 Å². The number of allylic oxidation sites excluding steroid dienone is 4. The maximum atomic E-state index is 9.20. The summed E-state index contributed by atoms with van der Waals surface area (Å²) in [7, 11) is 0. The highest BCUT2D eigenvalue weighted by atomic mass is 14.3. The normalized spacial score (nSPS) is 18.9. The summed E-state index contributed by atoms with van der Waals surface area (Å²) in [5.74, 6) is 0. The third-order valence-electron chi connectivity index (χ3n) is 4.06. The molecule has 1 nitrogen and oxygen atoms in total. The molecule has 1 aromatic rings. The minimum atomic E-state index is 0.839. The quantitative estimate of drug-likeness (QED) is 0.638. The molecule has 1 fully saturated rings. The zero-order valence-electron chi connectivity index (χ0n) is 10.6. The van der Waals surface area contributed by atoms with E-state index in [9.17, 15) is 5.26 Å². The monoisotopic (exact) mass is 235 g/mol. The Balaban J connectivity index is 2.11. The van der Waals surface area contributed by atoms with Gasteiger partial charge in [-0.15, -0.1) is 0 Å². The molecule has 2 aliphatic rings. The van der Waals surface area contributed by atoms with Crippen molar-refractivity contribution in [3.8, 4) is 6.07 Å². The Morgan fingerprint density at radius 1 is 0.944 bits per heavy atom. The van der Waals surface area contributed by atoms with E-state index in [1.54, 1.807) is 5.57 Å². The van der Waals surface area contributed by atoms with Crippen molar-refractivity contribution in [2.45, 2.75) is 38.5 Å². The van der Waals surface area contributed by atoms with E-state index in [0.717, 1.165) is 17.6 Å². The van der Waals surface area contributed by atoms with E-state index in [0.29, 0.717) is 0 Å². The number of nitrogens with zero attached hydrogens (tertiary/aromatic N) is 1. The van der Waals surface area contributed by atoms with Crippen LogP contribution in [0.15, 0.2) is 35.9 Å². The largest absolute Gasteiger partial charge is 0.192 e. The van der Waals surface area contributed by atoms with Crippen molar-refractivity contribution in [2.75, 3.05) is 0 Å². The highest BCUT2D eigenvalue weighted by Crippen LogP contribution is 2.39. The van der Waals surface area contributed by atoms with E-state index in [4.69, 9.17) is 0 Å². The fraction of sp³-hybridized carbons (Fsp3) is 0.353. The van der Waals surface area contributed by atoms with Gasteiger partial charge < -0.3 is 0 Å². The molecule has 0 N–H and O–H groups in total. The van der Waals surface area contributed by atoms with Crippen LogP contribution in [0.4, 0.5) is 0 Å². The smallest absolute Gasteiger partial charge is 0.0994 e. The van der Waals surface area contributed by atoms with Crippen molar-refractivity contribution in [1.29, 1.82) is 5.26 Å². The van der Waals surface area contributed by atoms with Gasteiger partial charge in [-0.25, -0.2) is 0 Å². The van der Waals surface area contributed by atoms with Gasteiger partial charge in [0.05, 0.1) is 11.6 Å². The molecule has 0 aromatic heterocycles. The molecule has 0 bridgehead atoms. The predicted octanol–water partition coefficient (Wildman–Crippen LogP) is 4.71. The summed E-state index contributed by atoms with van der Waals surface area (Å²) >= 11 is 0. The van der Waals surface area contributed by atoms with Crippen LogP contribution in [0.1, 0.15) is 49.7 Å². The predicted molar refractivity (Wildman–Crippen MR) is 74.7 cm³/mol. The second-order valence-electron chi connectivity index (χ2n) is 5.12. The van der Waals surface area contributed by atoms with Crippen LogP contribution in [0.2, 0.25) is 0 Å². The van der Waals surface area contributed by atoms with E-state index in [1.165, 1.54) is 43.2 Å². The topological polar surface area (TPSA) is 23.8 Å². The van der Waals surface area contributed by atoms with E-state index < -0.39 is 0 Å². The summed E-state index contributed by atoms with van der Waals surface area (Å²) in [6.07, 6.45) is 9.57. The minimum absolute atomic E-state index is 0.839. The molecule has 90 valence electrons. The molecule has 0 saturated heterocycles. The van der Waals surface area contributed by atoms with Crippen LogP contribution in [-0.2, 0) is 0 Å². The maximum absolute atomic E-state index is 9.20. The highest BCUT2D eigenvalue weighted by molar-refractivity contribution is 5.90. The molecule has 1 aromatic carbocycles. The number of hydrogen-bond acceptors (Lipinski definition) is 1. The summed E-state index contributed by atoms with van der Waals surface area (Å²) in [4.78, 5) is 0. The second kappa shape index (κ2) is 4.82. The van der Waals surface area contributed by atoms with Crippen LogP contribution in [0.3, 0.4) is 0 Å². The average molecular weight is 235 g/mol. The third-order valence-corrected chi connectivity index (χ3v) is 4.06. The first kappa shape index (κ1) is 11.3. The lowest BCUT2D eigenvalue weighted by Gasteiger charge is -2.23. The zero-order valence-corrected chi connectivity index (χ0v) is 10.6. The van der Waals surface area contributed by atoms with Crippen LogP contribution in [0.5, 0.6) is 0 Å². The summed E-state index contributed by atoms with van der Waals surface area (Å²) < 4.78 is 0. The second-order valence-corrected chi connectivity index (χ2v) is 5.12. The summed E-state index contributed by atoms with van der Waals surface area (Å²) in [6, 6.07) is 10.7. The van der Waals surface area contributed by atoms with Crippen molar-refractivity contribution in [1.82, 2.24) is 0 Å². The van der Waals surface area contributed by atoms with Gasteiger partial charge in [0.25, 0.3) is 0 Å². The van der Waals surface area contributed by atoms with Gasteiger partial charge in [-0.1, -0.05) is 42.3 Å². The lowest BCUT2D eigenvalue weighted by Crippen LogP contribution is -2.03. The first-order chi connectivity index (χ1) is 8.90. The number of hydrogen-bond donors (Lipinski definition) is 0. The standard InChI is InChI=1S/C17H17N/c18-12-14-10-11-16(13-6-2-1-3-7-13)17-9-5-4-8-15(14)17/h4-5,8-10H,1-3,6-7,11H2. The lowest BCUT2D eigenvalue weighted by atomic mass is 9.81. The number of nitriles is 1. The molecule has 0 aliphatic heterocycles. The van der Waals surface area contributed by atoms with Crippen LogP contribution in [0, 0.1) is 11.3 Å². The van der Waals surface area contributed by atoms with Gasteiger partial charge in [0, 0.05) is 0 Å². The number of rotatable bonds is 0. The first-order valence-corrected chi connectivity index (χ1v) is 6.81. The molecule has 0 heterocycles. The van der Waals surface area contributed by atoms with Gasteiger partial charge in [0.1, 0.15) is 0 Å². The molecule has 1 heteroatoms. The van der Waals surface area contributed by atoms with Crippen molar-refractivity contribution in [2.24, 2.45) is 0 Å². The molecule has 2 aliphatic carbocycles. The SMILES string of the molecule is N#CC1=CCC(=C2CCCCC2)c2ccccc21. The molecular weight excluding hydrogens is 218 g/mol. The first-order valence-electron chi connectivity index (χ1n) is 6.81. The summed E-state index contributed by atoms with van der Waals surface area (Å²) in [5, 5.41) is 9.20. The van der Waals surface area contributed by atoms with Crippen molar-refractivity contribution in [3.63, 3.8) is 0 Å². The van der Waals surface area contributed by atoms with Gasteiger partial charge in [-0.3, -0.25) is 0 Å². The van der Waals surface area contributed by atoms with Gasteiger partial charge in [-0.2, -0.15) is 5.26 Å². The van der Waals surface area contributed by atoms with Gasteiger partial charge in [0.15, 0.2) is 0 Å². The molecule has 0 unspecified atom stereocenters. The molecule has 0 atom stereocenters. The zero-order chi connectivity index (χ0) is 12.4. The fourth-order valence-corrected chi connectivity index (χ4v) is 3.13. The molecule has 18 heavy (non-hydrogen) atoms. The molecule has 1 saturated carbocycles. The Morgan fingerprint density at radius 3 is 2.39 bits per heavy atom.